The van der Waals surface area contributed by atoms with E-state index in [0.29, 0.717) is 12.4 Å². The summed E-state index contributed by atoms with van der Waals surface area (Å²) < 4.78 is 17.9. The molecule has 0 spiro atoms. The molecule has 1 nitrogen and oxygen atoms in total. The molecule has 0 bridgehead atoms. The predicted molar refractivity (Wildman–Crippen MR) is 42.3 cm³/mol. The maximum Gasteiger partial charge on any atom is 0.165 e. The van der Waals surface area contributed by atoms with E-state index in [-0.39, 0.29) is 5.82 Å². The van der Waals surface area contributed by atoms with Gasteiger partial charge in [0.05, 0.1) is 6.61 Å². The molecule has 0 aliphatic rings. The molecule has 0 unspecified atom stereocenters. The molecule has 1 aromatic rings. The lowest BCUT2D eigenvalue weighted by Crippen LogP contribution is -1.94. The fraction of sp³-hybridized carbons (Fsp3) is 0.333. The van der Waals surface area contributed by atoms with Crippen LogP contribution >= 0.6 is 0 Å². The number of hydrogen-bond acceptors (Lipinski definition) is 1. The van der Waals surface area contributed by atoms with Gasteiger partial charge < -0.3 is 4.74 Å². The van der Waals surface area contributed by atoms with Crippen LogP contribution in [0.25, 0.3) is 0 Å². The fourth-order valence-electron chi connectivity index (χ4n) is 0.877. The van der Waals surface area contributed by atoms with Gasteiger partial charge in [0.25, 0.3) is 0 Å². The van der Waals surface area contributed by atoms with Gasteiger partial charge in [0, 0.05) is 0 Å². The Labute approximate surface area is 65.8 Å². The Kier molecular flexibility index (Phi) is 2.47. The van der Waals surface area contributed by atoms with Gasteiger partial charge in [-0.2, -0.15) is 0 Å². The minimum absolute atomic E-state index is 0.294. The van der Waals surface area contributed by atoms with E-state index >= 15 is 0 Å². The normalized spacial score (nSPS) is 9.73. The van der Waals surface area contributed by atoms with E-state index in [1.165, 1.54) is 6.07 Å². The fourth-order valence-corrected chi connectivity index (χ4v) is 0.877. The van der Waals surface area contributed by atoms with Crippen molar-refractivity contribution in [3.05, 3.63) is 29.6 Å². The Morgan fingerprint density at radius 2 is 2.18 bits per heavy atom. The zero-order valence-electron chi connectivity index (χ0n) is 6.73. The minimum atomic E-state index is -0.294. The third-order valence-corrected chi connectivity index (χ3v) is 1.39. The summed E-state index contributed by atoms with van der Waals surface area (Å²) in [7, 11) is 0. The molecule has 0 heterocycles. The van der Waals surface area contributed by atoms with Crippen molar-refractivity contribution in [2.24, 2.45) is 0 Å². The number of aryl methyl sites for hydroxylation is 1. The van der Waals surface area contributed by atoms with Crippen LogP contribution in [0.15, 0.2) is 18.2 Å². The molecular weight excluding hydrogens is 143 g/mol. The van der Waals surface area contributed by atoms with E-state index < -0.39 is 0 Å². The lowest BCUT2D eigenvalue weighted by molar-refractivity contribution is 0.321. The van der Waals surface area contributed by atoms with Gasteiger partial charge in [-0.25, -0.2) is 4.39 Å². The van der Waals surface area contributed by atoms with Crippen molar-refractivity contribution in [2.45, 2.75) is 13.8 Å². The molecule has 0 saturated carbocycles. The molecule has 0 amide bonds. The van der Waals surface area contributed by atoms with Crippen LogP contribution in [0.3, 0.4) is 0 Å². The molecule has 0 radical (unpaired) electrons. The monoisotopic (exact) mass is 154 g/mol. The number of rotatable bonds is 2. The Bertz CT molecular complexity index is 245. The Morgan fingerprint density at radius 3 is 2.82 bits per heavy atom. The summed E-state index contributed by atoms with van der Waals surface area (Å²) in [5.41, 5.74) is 1.01. The molecule has 0 N–H and O–H groups in total. The first-order valence-corrected chi connectivity index (χ1v) is 3.63. The standard InChI is InChI=1S/C9H11FO/c1-3-11-9-6-7(2)4-5-8(9)10/h4-6H,3H2,1-2H3. The number of benzene rings is 1. The van der Waals surface area contributed by atoms with Gasteiger partial charge in [-0.1, -0.05) is 6.07 Å². The molecule has 0 aliphatic heterocycles. The third-order valence-electron chi connectivity index (χ3n) is 1.39. The molecule has 1 aromatic carbocycles. The second-order valence-corrected chi connectivity index (χ2v) is 2.37. The summed E-state index contributed by atoms with van der Waals surface area (Å²) in [6.07, 6.45) is 0. The molecule has 0 saturated heterocycles. The summed E-state index contributed by atoms with van der Waals surface area (Å²) in [5, 5.41) is 0. The van der Waals surface area contributed by atoms with E-state index in [0.717, 1.165) is 5.56 Å². The van der Waals surface area contributed by atoms with Gasteiger partial charge in [-0.05, 0) is 31.5 Å². The number of ether oxygens (including phenoxy) is 1. The van der Waals surface area contributed by atoms with Crippen molar-refractivity contribution < 1.29 is 9.13 Å². The van der Waals surface area contributed by atoms with Gasteiger partial charge >= 0.3 is 0 Å². The number of halogens is 1. The van der Waals surface area contributed by atoms with Crippen LogP contribution < -0.4 is 4.74 Å². The maximum atomic E-state index is 12.8. The van der Waals surface area contributed by atoms with E-state index in [1.54, 1.807) is 12.1 Å². The van der Waals surface area contributed by atoms with Gasteiger partial charge in [0.1, 0.15) is 0 Å². The Morgan fingerprint density at radius 1 is 1.45 bits per heavy atom. The molecule has 60 valence electrons. The highest BCUT2D eigenvalue weighted by atomic mass is 19.1. The van der Waals surface area contributed by atoms with Crippen molar-refractivity contribution in [3.8, 4) is 5.75 Å². The van der Waals surface area contributed by atoms with E-state index in [4.69, 9.17) is 4.74 Å². The summed E-state index contributed by atoms with van der Waals surface area (Å²) in [5.74, 6) is 0.0463. The van der Waals surface area contributed by atoms with E-state index in [1.807, 2.05) is 13.8 Å². The zero-order chi connectivity index (χ0) is 8.27. The summed E-state index contributed by atoms with van der Waals surface area (Å²) >= 11 is 0. The van der Waals surface area contributed by atoms with Crippen LogP contribution in [-0.4, -0.2) is 6.61 Å². The molecule has 0 atom stereocenters. The quantitative estimate of drug-likeness (QED) is 0.636. The predicted octanol–water partition coefficient (Wildman–Crippen LogP) is 2.53. The molecule has 0 fully saturated rings. The van der Waals surface area contributed by atoms with Crippen LogP contribution in [0.2, 0.25) is 0 Å². The maximum absolute atomic E-state index is 12.8. The highest BCUT2D eigenvalue weighted by Crippen LogP contribution is 2.17. The van der Waals surface area contributed by atoms with Crippen molar-refractivity contribution in [1.29, 1.82) is 0 Å². The second-order valence-electron chi connectivity index (χ2n) is 2.37. The highest BCUT2D eigenvalue weighted by Gasteiger charge is 2.00. The van der Waals surface area contributed by atoms with Crippen LogP contribution in [0, 0.1) is 12.7 Å². The molecule has 0 aliphatic carbocycles. The zero-order valence-corrected chi connectivity index (χ0v) is 6.73. The van der Waals surface area contributed by atoms with Crippen LogP contribution in [0.4, 0.5) is 4.39 Å². The largest absolute Gasteiger partial charge is 0.491 e. The first kappa shape index (κ1) is 8.05. The smallest absolute Gasteiger partial charge is 0.165 e. The van der Waals surface area contributed by atoms with Gasteiger partial charge in [-0.15, -0.1) is 0 Å². The SMILES string of the molecule is CCOc1cc(C)ccc1F. The Balaban J connectivity index is 2.93. The molecule has 2 heteroatoms. The van der Waals surface area contributed by atoms with Crippen LogP contribution in [0.5, 0.6) is 5.75 Å². The molecular formula is C9H11FO. The highest BCUT2D eigenvalue weighted by molar-refractivity contribution is 5.29. The van der Waals surface area contributed by atoms with Crippen LogP contribution in [0.1, 0.15) is 12.5 Å². The molecule has 0 aromatic heterocycles. The van der Waals surface area contributed by atoms with Gasteiger partial charge in [-0.3, -0.25) is 0 Å². The van der Waals surface area contributed by atoms with E-state index in [2.05, 4.69) is 0 Å². The van der Waals surface area contributed by atoms with E-state index in [9.17, 15) is 4.39 Å². The van der Waals surface area contributed by atoms with Gasteiger partial charge in [0.15, 0.2) is 11.6 Å². The summed E-state index contributed by atoms with van der Waals surface area (Å²) in [6, 6.07) is 4.83. The van der Waals surface area contributed by atoms with Crippen molar-refractivity contribution >= 4 is 0 Å². The first-order chi connectivity index (χ1) is 5.24. The Hall–Kier alpha value is -1.05. The third kappa shape index (κ3) is 1.93. The summed E-state index contributed by atoms with van der Waals surface area (Å²) in [6.45, 7) is 4.24. The second kappa shape index (κ2) is 3.37. The lowest BCUT2D eigenvalue weighted by atomic mass is 10.2. The minimum Gasteiger partial charge on any atom is -0.491 e. The van der Waals surface area contributed by atoms with Crippen molar-refractivity contribution in [1.82, 2.24) is 0 Å². The van der Waals surface area contributed by atoms with Gasteiger partial charge in [0.2, 0.25) is 0 Å². The van der Waals surface area contributed by atoms with Crippen LogP contribution in [-0.2, 0) is 0 Å². The topological polar surface area (TPSA) is 9.23 Å². The molecule has 1 rings (SSSR count). The summed E-state index contributed by atoms with van der Waals surface area (Å²) in [4.78, 5) is 0. The first-order valence-electron chi connectivity index (χ1n) is 3.63. The lowest BCUT2D eigenvalue weighted by Gasteiger charge is -2.04. The average molecular weight is 154 g/mol. The molecule has 11 heavy (non-hydrogen) atoms. The van der Waals surface area contributed by atoms with Crippen molar-refractivity contribution in [2.75, 3.05) is 6.61 Å². The van der Waals surface area contributed by atoms with Crippen molar-refractivity contribution in [3.63, 3.8) is 0 Å². The average Bonchev–Trinajstić information content (AvgIpc) is 1.98. The number of hydrogen-bond donors (Lipinski definition) is 0.